The van der Waals surface area contributed by atoms with Crippen LogP contribution in [0.5, 0.6) is 0 Å². The minimum atomic E-state index is -1.07. The van der Waals surface area contributed by atoms with Crippen molar-refractivity contribution in [3.63, 3.8) is 0 Å². The first-order chi connectivity index (χ1) is 16.1. The second-order valence-corrected chi connectivity index (χ2v) is 8.76. The molecule has 4 rings (SSSR count). The molecule has 2 N–H and O–H groups in total. The summed E-state index contributed by atoms with van der Waals surface area (Å²) in [7, 11) is 0. The molecule has 0 saturated carbocycles. The maximum absolute atomic E-state index is 14.4. The van der Waals surface area contributed by atoms with Gasteiger partial charge in [-0.1, -0.05) is 6.07 Å². The predicted molar refractivity (Wildman–Crippen MR) is 116 cm³/mol. The number of ketones is 1. The van der Waals surface area contributed by atoms with Crippen LogP contribution in [0.3, 0.4) is 0 Å². The summed E-state index contributed by atoms with van der Waals surface area (Å²) in [5.74, 6) is -3.48. The molecule has 3 atom stereocenters. The van der Waals surface area contributed by atoms with Gasteiger partial charge in [-0.05, 0) is 55.3 Å². The topological polar surface area (TPSA) is 92.5 Å². The number of ether oxygens (including phenoxy) is 1. The fourth-order valence-electron chi connectivity index (χ4n) is 4.15. The van der Waals surface area contributed by atoms with Gasteiger partial charge in [-0.15, -0.1) is 0 Å². The number of aliphatic hydroxyl groups is 2. The maximum Gasteiger partial charge on any atom is 0.185 e. The van der Waals surface area contributed by atoms with E-state index in [1.54, 1.807) is 19.9 Å². The van der Waals surface area contributed by atoms with E-state index in [2.05, 4.69) is 9.97 Å². The molecule has 0 unspecified atom stereocenters. The van der Waals surface area contributed by atoms with Crippen LogP contribution in [0.15, 0.2) is 48.8 Å². The Hall–Kier alpha value is -3.14. The molecule has 2 aromatic heterocycles. The smallest absolute Gasteiger partial charge is 0.185 e. The molecule has 0 radical (unpaired) electrons. The van der Waals surface area contributed by atoms with Crippen molar-refractivity contribution in [2.45, 2.75) is 50.6 Å². The highest BCUT2D eigenvalue weighted by Crippen LogP contribution is 2.38. The van der Waals surface area contributed by atoms with Gasteiger partial charge in [0.1, 0.15) is 34.9 Å². The number of carbonyl (C=O) groups is 1. The van der Waals surface area contributed by atoms with Gasteiger partial charge in [0, 0.05) is 25.2 Å². The van der Waals surface area contributed by atoms with Gasteiger partial charge in [-0.25, -0.2) is 18.2 Å². The molecular weight excluding hydrogens is 449 g/mol. The third-order valence-corrected chi connectivity index (χ3v) is 5.95. The molecule has 1 aliphatic heterocycles. The Balaban J connectivity index is 1.64. The number of carbonyl (C=O) groups excluding carboxylic acids is 1. The summed E-state index contributed by atoms with van der Waals surface area (Å²) in [5.41, 5.74) is -1.35. The van der Waals surface area contributed by atoms with Crippen LogP contribution in [0.2, 0.25) is 0 Å². The minimum absolute atomic E-state index is 0.112. The third-order valence-electron chi connectivity index (χ3n) is 5.95. The normalized spacial score (nSPS) is 21.9. The monoisotopic (exact) mass is 472 g/mol. The van der Waals surface area contributed by atoms with Crippen LogP contribution in [-0.2, 0) is 11.2 Å². The zero-order chi connectivity index (χ0) is 24.6. The lowest BCUT2D eigenvalue weighted by molar-refractivity contribution is -0.214. The summed E-state index contributed by atoms with van der Waals surface area (Å²) in [6.07, 6.45) is 0.206. The fraction of sp³-hybridized carbons (Fsp3) is 0.320. The molecule has 1 saturated heterocycles. The summed E-state index contributed by atoms with van der Waals surface area (Å²) in [6.45, 7) is 3.32. The number of aromatic nitrogens is 2. The first-order valence-electron chi connectivity index (χ1n) is 10.7. The van der Waals surface area contributed by atoms with Gasteiger partial charge in [-0.3, -0.25) is 9.78 Å². The van der Waals surface area contributed by atoms with Crippen LogP contribution >= 0.6 is 0 Å². The quantitative estimate of drug-likeness (QED) is 0.547. The molecule has 3 heterocycles. The molecule has 3 aromatic rings. The average Bonchev–Trinajstić information content (AvgIpc) is 2.78. The summed E-state index contributed by atoms with van der Waals surface area (Å²) in [4.78, 5) is 21.0. The Morgan fingerprint density at radius 1 is 1.09 bits per heavy atom. The van der Waals surface area contributed by atoms with E-state index in [1.165, 1.54) is 12.4 Å². The summed E-state index contributed by atoms with van der Waals surface area (Å²) < 4.78 is 48.7. The van der Waals surface area contributed by atoms with E-state index in [-0.39, 0.29) is 18.5 Å². The van der Waals surface area contributed by atoms with Crippen LogP contribution in [0, 0.1) is 17.5 Å². The third kappa shape index (κ3) is 4.59. The second-order valence-electron chi connectivity index (χ2n) is 8.76. The van der Waals surface area contributed by atoms with Crippen molar-refractivity contribution in [3.8, 4) is 11.3 Å². The van der Waals surface area contributed by atoms with Gasteiger partial charge in [0.15, 0.2) is 5.78 Å². The highest BCUT2D eigenvalue weighted by molar-refractivity contribution is 5.96. The number of benzene rings is 1. The van der Waals surface area contributed by atoms with E-state index in [0.717, 1.165) is 30.3 Å². The highest BCUT2D eigenvalue weighted by Gasteiger charge is 2.43. The van der Waals surface area contributed by atoms with E-state index in [0.29, 0.717) is 11.1 Å². The standard InChI is InChI=1S/C25H23F3N2O4/c1-25(2)24(33)20(32)11-21(34-25)14-8-9-29-12-13(14)10-19(31)18-7-6-17(28)23(30-18)22-15(26)4-3-5-16(22)27/h3-9,12,20-21,24,32-33H,10-11H2,1-2H3/t20-,21+,24-/m1/s1. The number of hydrogen-bond acceptors (Lipinski definition) is 6. The lowest BCUT2D eigenvalue weighted by Crippen LogP contribution is -2.52. The number of rotatable bonds is 5. The Labute approximate surface area is 194 Å². The molecule has 1 fully saturated rings. The Morgan fingerprint density at radius 3 is 2.47 bits per heavy atom. The molecule has 1 aromatic carbocycles. The summed E-state index contributed by atoms with van der Waals surface area (Å²) in [5, 5.41) is 20.5. The van der Waals surface area contributed by atoms with E-state index >= 15 is 0 Å². The number of hydrogen-bond donors (Lipinski definition) is 2. The van der Waals surface area contributed by atoms with Crippen LogP contribution in [0.1, 0.15) is 48.0 Å². The highest BCUT2D eigenvalue weighted by atomic mass is 19.1. The van der Waals surface area contributed by atoms with Crippen molar-refractivity contribution >= 4 is 5.78 Å². The van der Waals surface area contributed by atoms with Crippen molar-refractivity contribution in [1.82, 2.24) is 9.97 Å². The zero-order valence-electron chi connectivity index (χ0n) is 18.5. The van der Waals surface area contributed by atoms with Crippen molar-refractivity contribution in [3.05, 3.63) is 83.1 Å². The SMILES string of the molecule is CC1(C)O[C@H](c2ccncc2CC(=O)c2ccc(F)c(-c3c(F)cccc3F)n2)C[C@@H](O)[C@H]1O. The summed E-state index contributed by atoms with van der Waals surface area (Å²) in [6, 6.07) is 6.86. The van der Waals surface area contributed by atoms with Crippen molar-refractivity contribution in [2.24, 2.45) is 0 Å². The molecule has 9 heteroatoms. The molecule has 0 aliphatic carbocycles. The molecule has 0 bridgehead atoms. The van der Waals surface area contributed by atoms with Crippen LogP contribution < -0.4 is 0 Å². The zero-order valence-corrected chi connectivity index (χ0v) is 18.5. The average molecular weight is 472 g/mol. The number of Topliss-reactive ketones (excluding diaryl/α,β-unsaturated/α-hetero) is 1. The van der Waals surface area contributed by atoms with Gasteiger partial charge in [0.05, 0.1) is 23.4 Å². The Bertz CT molecular complexity index is 1210. The molecule has 0 amide bonds. The van der Waals surface area contributed by atoms with Crippen molar-refractivity contribution in [1.29, 1.82) is 0 Å². The summed E-state index contributed by atoms with van der Waals surface area (Å²) >= 11 is 0. The van der Waals surface area contributed by atoms with E-state index in [4.69, 9.17) is 4.74 Å². The van der Waals surface area contributed by atoms with Crippen molar-refractivity contribution in [2.75, 3.05) is 0 Å². The Morgan fingerprint density at radius 2 is 1.79 bits per heavy atom. The lowest BCUT2D eigenvalue weighted by Gasteiger charge is -2.43. The molecular formula is C25H23F3N2O4. The fourth-order valence-corrected chi connectivity index (χ4v) is 4.15. The van der Waals surface area contributed by atoms with E-state index in [1.807, 2.05) is 0 Å². The second kappa shape index (κ2) is 9.25. The number of pyridine rings is 2. The van der Waals surface area contributed by atoms with Gasteiger partial charge >= 0.3 is 0 Å². The van der Waals surface area contributed by atoms with Crippen molar-refractivity contribution < 1.29 is 32.9 Å². The lowest BCUT2D eigenvalue weighted by atomic mass is 9.86. The first kappa shape index (κ1) is 24.0. The molecule has 34 heavy (non-hydrogen) atoms. The van der Waals surface area contributed by atoms with Crippen LogP contribution in [0.4, 0.5) is 13.2 Å². The van der Waals surface area contributed by atoms with Crippen LogP contribution in [0.25, 0.3) is 11.3 Å². The van der Waals surface area contributed by atoms with Crippen LogP contribution in [-0.4, -0.2) is 43.8 Å². The minimum Gasteiger partial charge on any atom is -0.390 e. The van der Waals surface area contributed by atoms with E-state index in [9.17, 15) is 28.2 Å². The molecule has 6 nitrogen and oxygen atoms in total. The predicted octanol–water partition coefficient (Wildman–Crippen LogP) is 3.95. The van der Waals surface area contributed by atoms with E-state index < -0.39 is 58.4 Å². The Kier molecular flexibility index (Phi) is 6.53. The number of nitrogens with zero attached hydrogens (tertiary/aromatic N) is 2. The van der Waals surface area contributed by atoms with Gasteiger partial charge in [0.2, 0.25) is 0 Å². The number of aliphatic hydroxyl groups excluding tert-OH is 2. The maximum atomic E-state index is 14.4. The molecule has 0 spiro atoms. The molecule has 178 valence electrons. The number of halogens is 3. The van der Waals surface area contributed by atoms with Gasteiger partial charge < -0.3 is 14.9 Å². The van der Waals surface area contributed by atoms with Gasteiger partial charge in [0.25, 0.3) is 0 Å². The first-order valence-corrected chi connectivity index (χ1v) is 10.7. The largest absolute Gasteiger partial charge is 0.390 e. The molecule has 1 aliphatic rings. The van der Waals surface area contributed by atoms with Gasteiger partial charge in [-0.2, -0.15) is 0 Å².